The fraction of sp³-hybridized carbons (Fsp3) is 0.217. The number of nitrogens with zero attached hydrogens (tertiary/aromatic N) is 2. The maximum Gasteiger partial charge on any atom is 0.259 e. The lowest BCUT2D eigenvalue weighted by Crippen LogP contribution is -2.27. The summed E-state index contributed by atoms with van der Waals surface area (Å²) in [7, 11) is 0. The van der Waals surface area contributed by atoms with Crippen LogP contribution in [0.5, 0.6) is 0 Å². The number of ether oxygens (including phenoxy) is 1. The van der Waals surface area contributed by atoms with E-state index in [1.807, 2.05) is 0 Å². The molecule has 0 fully saturated rings. The van der Waals surface area contributed by atoms with Crippen molar-refractivity contribution >= 4 is 28.5 Å². The molecule has 34 heavy (non-hydrogen) atoms. The lowest BCUT2D eigenvalue weighted by molar-refractivity contribution is 0.0838. The summed E-state index contributed by atoms with van der Waals surface area (Å²) in [4.78, 5) is 32.7. The molecule has 0 spiro atoms. The van der Waals surface area contributed by atoms with Crippen LogP contribution >= 0.6 is 0 Å². The van der Waals surface area contributed by atoms with E-state index in [1.165, 1.54) is 12.3 Å². The van der Waals surface area contributed by atoms with Crippen LogP contribution in [0, 0.1) is 12.7 Å². The van der Waals surface area contributed by atoms with Crippen LogP contribution in [0.4, 0.5) is 10.1 Å². The summed E-state index contributed by atoms with van der Waals surface area (Å²) in [6, 6.07) is 9.43. The van der Waals surface area contributed by atoms with Gasteiger partial charge in [-0.2, -0.15) is 5.10 Å². The Labute approximate surface area is 193 Å². The van der Waals surface area contributed by atoms with E-state index in [0.717, 1.165) is 0 Å². The number of hydrogen-bond acceptors (Lipinski definition) is 6. The van der Waals surface area contributed by atoms with Gasteiger partial charge in [0.15, 0.2) is 5.82 Å². The summed E-state index contributed by atoms with van der Waals surface area (Å²) >= 11 is 0. The molecule has 0 aliphatic carbocycles. The van der Waals surface area contributed by atoms with Gasteiger partial charge in [0.05, 0.1) is 48.3 Å². The van der Waals surface area contributed by atoms with Crippen LogP contribution in [0.2, 0.25) is 0 Å². The minimum absolute atomic E-state index is 0.0447. The molecule has 2 amide bonds. The number of aryl methyl sites for hydroxylation is 1. The maximum atomic E-state index is 14.2. The quantitative estimate of drug-likeness (QED) is 0.240. The van der Waals surface area contributed by atoms with Crippen molar-refractivity contribution in [3.63, 3.8) is 0 Å². The molecular weight excluding hydrogens is 443 g/mol. The standard InChI is InChI=1S/C23H23FN6O4/c1-13-3-2-4-15(24)19(13)23(33)29-18-12-26-30-20(18)21-27-16-6-5-14(11-17(16)28-21)22(32)25-7-9-34-10-8-31/h2-6,11-12,31H,7-10H2,1H3,(H,25,32)(H,26,30)(H,27,28)(H,29,33). The first kappa shape index (κ1) is 23.1. The Morgan fingerprint density at radius 3 is 2.82 bits per heavy atom. The van der Waals surface area contributed by atoms with Gasteiger partial charge >= 0.3 is 0 Å². The number of nitrogens with one attached hydrogen (secondary N) is 4. The summed E-state index contributed by atoms with van der Waals surface area (Å²) < 4.78 is 19.3. The summed E-state index contributed by atoms with van der Waals surface area (Å²) in [5, 5.41) is 20.9. The Hall–Kier alpha value is -4.09. The zero-order chi connectivity index (χ0) is 24.1. The molecule has 0 radical (unpaired) electrons. The predicted octanol–water partition coefficient (Wildman–Crippen LogP) is 2.39. The van der Waals surface area contributed by atoms with Gasteiger partial charge in [-0.25, -0.2) is 9.37 Å². The van der Waals surface area contributed by atoms with Gasteiger partial charge in [-0.05, 0) is 36.8 Å². The number of aliphatic hydroxyl groups is 1. The van der Waals surface area contributed by atoms with Crippen molar-refractivity contribution in [2.75, 3.05) is 31.7 Å². The van der Waals surface area contributed by atoms with Gasteiger partial charge in [0.1, 0.15) is 11.5 Å². The number of hydrogen-bond donors (Lipinski definition) is 5. The van der Waals surface area contributed by atoms with Gasteiger partial charge < -0.3 is 25.5 Å². The Bertz CT molecular complexity index is 1310. The molecule has 2 aromatic carbocycles. The minimum atomic E-state index is -0.614. The van der Waals surface area contributed by atoms with Crippen molar-refractivity contribution in [1.29, 1.82) is 0 Å². The number of imidazole rings is 1. The molecule has 10 nitrogen and oxygen atoms in total. The molecule has 0 bridgehead atoms. The lowest BCUT2D eigenvalue weighted by atomic mass is 10.1. The number of anilines is 1. The molecule has 2 aromatic heterocycles. The van der Waals surface area contributed by atoms with Crippen LogP contribution in [-0.2, 0) is 4.74 Å². The Balaban J connectivity index is 1.51. The molecule has 0 saturated heterocycles. The number of halogens is 1. The Morgan fingerprint density at radius 2 is 2.03 bits per heavy atom. The van der Waals surface area contributed by atoms with E-state index >= 15 is 0 Å². The summed E-state index contributed by atoms with van der Waals surface area (Å²) in [6.45, 7) is 2.41. The van der Waals surface area contributed by atoms with Crippen molar-refractivity contribution < 1.29 is 23.8 Å². The highest BCUT2D eigenvalue weighted by molar-refractivity contribution is 6.07. The average molecular weight is 466 g/mol. The average Bonchev–Trinajstić information content (AvgIpc) is 3.44. The summed E-state index contributed by atoms with van der Waals surface area (Å²) in [5.74, 6) is -1.10. The number of fused-ring (bicyclic) bond motifs is 1. The highest BCUT2D eigenvalue weighted by atomic mass is 19.1. The molecule has 0 atom stereocenters. The largest absolute Gasteiger partial charge is 0.394 e. The van der Waals surface area contributed by atoms with Crippen molar-refractivity contribution in [2.45, 2.75) is 6.92 Å². The number of aromatic amines is 2. The van der Waals surface area contributed by atoms with Crippen molar-refractivity contribution in [3.05, 3.63) is 65.1 Å². The number of carbonyl (C=O) groups excluding carboxylic acids is 2. The third-order valence-corrected chi connectivity index (χ3v) is 5.08. The molecule has 5 N–H and O–H groups in total. The summed E-state index contributed by atoms with van der Waals surface area (Å²) in [5.41, 5.74) is 2.84. The van der Waals surface area contributed by atoms with E-state index in [-0.39, 0.29) is 24.7 Å². The molecule has 0 aliphatic rings. The molecule has 0 aliphatic heterocycles. The number of carbonyl (C=O) groups is 2. The molecule has 0 saturated carbocycles. The molecule has 11 heteroatoms. The monoisotopic (exact) mass is 466 g/mol. The van der Waals surface area contributed by atoms with Crippen LogP contribution in [0.25, 0.3) is 22.6 Å². The number of H-pyrrole nitrogens is 2. The molecule has 4 aromatic rings. The third-order valence-electron chi connectivity index (χ3n) is 5.08. The predicted molar refractivity (Wildman–Crippen MR) is 123 cm³/mol. The maximum absolute atomic E-state index is 14.2. The van der Waals surface area contributed by atoms with E-state index in [4.69, 9.17) is 9.84 Å². The number of aliphatic hydroxyl groups excluding tert-OH is 1. The molecule has 0 unspecified atom stereocenters. The van der Waals surface area contributed by atoms with Gasteiger partial charge in [-0.15, -0.1) is 0 Å². The molecule has 176 valence electrons. The highest BCUT2D eigenvalue weighted by Gasteiger charge is 2.19. The van der Waals surface area contributed by atoms with Crippen LogP contribution in [-0.4, -0.2) is 63.5 Å². The third kappa shape index (κ3) is 4.95. The van der Waals surface area contributed by atoms with E-state index in [1.54, 1.807) is 37.3 Å². The lowest BCUT2D eigenvalue weighted by Gasteiger charge is -2.08. The second-order valence-corrected chi connectivity index (χ2v) is 7.45. The fourth-order valence-corrected chi connectivity index (χ4v) is 3.44. The first-order chi connectivity index (χ1) is 16.5. The van der Waals surface area contributed by atoms with Crippen LogP contribution in [0.15, 0.2) is 42.6 Å². The Kier molecular flexibility index (Phi) is 6.95. The van der Waals surface area contributed by atoms with Crippen molar-refractivity contribution in [2.24, 2.45) is 0 Å². The van der Waals surface area contributed by atoms with E-state index in [0.29, 0.717) is 52.5 Å². The number of amides is 2. The molecule has 4 rings (SSSR count). The van der Waals surface area contributed by atoms with Crippen molar-refractivity contribution in [1.82, 2.24) is 25.5 Å². The van der Waals surface area contributed by atoms with E-state index < -0.39 is 11.7 Å². The Morgan fingerprint density at radius 1 is 1.18 bits per heavy atom. The summed E-state index contributed by atoms with van der Waals surface area (Å²) in [6.07, 6.45) is 1.41. The van der Waals surface area contributed by atoms with Gasteiger partial charge in [0.25, 0.3) is 11.8 Å². The number of aromatic nitrogens is 4. The van der Waals surface area contributed by atoms with Crippen LogP contribution in [0.1, 0.15) is 26.3 Å². The van der Waals surface area contributed by atoms with Crippen LogP contribution in [0.3, 0.4) is 0 Å². The SMILES string of the molecule is Cc1cccc(F)c1C(=O)Nc1cn[nH]c1-c1nc2ccc(C(=O)NCCOCCO)cc2[nH]1. The minimum Gasteiger partial charge on any atom is -0.394 e. The number of rotatable bonds is 9. The second-order valence-electron chi connectivity index (χ2n) is 7.45. The highest BCUT2D eigenvalue weighted by Crippen LogP contribution is 2.27. The number of benzene rings is 2. The van der Waals surface area contributed by atoms with E-state index in [2.05, 4.69) is 30.8 Å². The fourth-order valence-electron chi connectivity index (χ4n) is 3.44. The smallest absolute Gasteiger partial charge is 0.259 e. The first-order valence-electron chi connectivity index (χ1n) is 10.5. The topological polar surface area (TPSA) is 145 Å². The molecule has 2 heterocycles. The van der Waals surface area contributed by atoms with Crippen molar-refractivity contribution in [3.8, 4) is 11.5 Å². The zero-order valence-electron chi connectivity index (χ0n) is 18.3. The normalized spacial score (nSPS) is 11.0. The van der Waals surface area contributed by atoms with Crippen LogP contribution < -0.4 is 10.6 Å². The van der Waals surface area contributed by atoms with Gasteiger partial charge in [-0.3, -0.25) is 14.7 Å². The van der Waals surface area contributed by atoms with Gasteiger partial charge in [0.2, 0.25) is 0 Å². The second kappa shape index (κ2) is 10.2. The van der Waals surface area contributed by atoms with Gasteiger partial charge in [-0.1, -0.05) is 12.1 Å². The van der Waals surface area contributed by atoms with Gasteiger partial charge in [0, 0.05) is 12.1 Å². The first-order valence-corrected chi connectivity index (χ1v) is 10.5. The van der Waals surface area contributed by atoms with E-state index in [9.17, 15) is 14.0 Å². The molecular formula is C23H23FN6O4. The zero-order valence-corrected chi connectivity index (χ0v) is 18.3.